The second-order valence-electron chi connectivity index (χ2n) is 14.3. The van der Waals surface area contributed by atoms with E-state index in [9.17, 15) is 25.5 Å². The first-order valence-corrected chi connectivity index (χ1v) is 17.6. The highest BCUT2D eigenvalue weighted by atomic mass is 16.5. The molecule has 4 aromatic carbocycles. The maximum Gasteiger partial charge on any atom is 0.169 e. The largest absolute Gasteiger partial charge is 0.507 e. The molecule has 2 aliphatic carbocycles. The van der Waals surface area contributed by atoms with Gasteiger partial charge in [0, 0.05) is 24.8 Å². The Kier molecular flexibility index (Phi) is 9.01. The molecule has 7 rings (SSSR count). The third kappa shape index (κ3) is 6.10. The van der Waals surface area contributed by atoms with E-state index in [1.54, 1.807) is 30.4 Å². The van der Waals surface area contributed by atoms with Crippen LogP contribution >= 0.6 is 0 Å². The number of ether oxygens (including phenoxy) is 1. The maximum absolute atomic E-state index is 11.2. The Morgan fingerprint density at radius 3 is 2.21 bits per heavy atom. The first-order chi connectivity index (χ1) is 23.3. The number of rotatable bonds is 8. The summed E-state index contributed by atoms with van der Waals surface area (Å²) in [5, 5.41) is 57.0. The molecule has 0 radical (unpaired) electrons. The summed E-state index contributed by atoms with van der Waals surface area (Å²) in [6.45, 7) is 1.67. The molecule has 48 heavy (non-hydrogen) atoms. The lowest BCUT2D eigenvalue weighted by Crippen LogP contribution is -2.57. The predicted octanol–water partition coefficient (Wildman–Crippen LogP) is 8.47. The molecule has 0 bridgehead atoms. The van der Waals surface area contributed by atoms with Crippen molar-refractivity contribution < 1.29 is 30.3 Å². The van der Waals surface area contributed by atoms with Crippen molar-refractivity contribution in [2.75, 3.05) is 6.61 Å². The van der Waals surface area contributed by atoms with Gasteiger partial charge in [-0.15, -0.1) is 0 Å². The lowest BCUT2D eigenvalue weighted by atomic mass is 9.59. The quantitative estimate of drug-likeness (QED) is 0.0836. The molecule has 7 heteroatoms. The first-order valence-electron chi connectivity index (χ1n) is 17.6. The summed E-state index contributed by atoms with van der Waals surface area (Å²) in [4.78, 5) is 0. The zero-order valence-electron chi connectivity index (χ0n) is 27.5. The van der Waals surface area contributed by atoms with E-state index in [2.05, 4.69) is 29.6 Å². The number of aromatic hydroxyl groups is 5. The fourth-order valence-electron chi connectivity index (χ4n) is 8.99. The summed E-state index contributed by atoms with van der Waals surface area (Å²) < 4.78 is 6.70. The van der Waals surface area contributed by atoms with Gasteiger partial charge in [-0.2, -0.15) is 0 Å². The van der Waals surface area contributed by atoms with Crippen LogP contribution in [0.25, 0.3) is 22.9 Å². The number of benzene rings is 4. The van der Waals surface area contributed by atoms with E-state index in [0.717, 1.165) is 31.6 Å². The molecule has 1 heterocycles. The minimum Gasteiger partial charge on any atom is -0.507 e. The molecule has 2 spiro atoms. The van der Waals surface area contributed by atoms with Crippen molar-refractivity contribution in [2.45, 2.75) is 95.2 Å². The Bertz CT molecular complexity index is 1800. The Balaban J connectivity index is 1.05. The molecule has 252 valence electrons. The lowest BCUT2D eigenvalue weighted by molar-refractivity contribution is -0.186. The number of fused-ring (bicyclic) bond motifs is 2. The van der Waals surface area contributed by atoms with E-state index >= 15 is 0 Å². The topological polar surface area (TPSA) is 122 Å². The molecule has 0 aromatic heterocycles. The SMILES string of the molecule is Oc1ccc(C=Cc2c(CCc3ccc(CN[C@H]4CCO[C@@]5(CCCCC56CCCC6)C4)cc3)c(O)c(O)c3c(O)cccc23)cc1O. The minimum atomic E-state index is -0.346. The van der Waals surface area contributed by atoms with Crippen LogP contribution in [0.3, 0.4) is 0 Å². The third-order valence-corrected chi connectivity index (χ3v) is 11.6. The van der Waals surface area contributed by atoms with Gasteiger partial charge in [0.25, 0.3) is 0 Å². The average molecular weight is 650 g/mol. The van der Waals surface area contributed by atoms with Gasteiger partial charge >= 0.3 is 0 Å². The molecule has 3 fully saturated rings. The van der Waals surface area contributed by atoms with Crippen LogP contribution in [0, 0.1) is 5.41 Å². The van der Waals surface area contributed by atoms with Crippen molar-refractivity contribution >= 4 is 22.9 Å². The Morgan fingerprint density at radius 2 is 1.46 bits per heavy atom. The highest BCUT2D eigenvalue weighted by Gasteiger charge is 2.56. The fraction of sp³-hybridized carbons (Fsp3) is 0.415. The van der Waals surface area contributed by atoms with Crippen molar-refractivity contribution in [3.63, 3.8) is 0 Å². The van der Waals surface area contributed by atoms with Crippen molar-refractivity contribution in [1.29, 1.82) is 0 Å². The van der Waals surface area contributed by atoms with Crippen LogP contribution in [0.15, 0.2) is 60.7 Å². The number of hydrogen-bond donors (Lipinski definition) is 6. The summed E-state index contributed by atoms with van der Waals surface area (Å²) >= 11 is 0. The monoisotopic (exact) mass is 649 g/mol. The van der Waals surface area contributed by atoms with E-state index in [0.29, 0.717) is 46.4 Å². The molecule has 0 unspecified atom stereocenters. The molecule has 2 saturated carbocycles. The summed E-state index contributed by atoms with van der Waals surface area (Å²) in [7, 11) is 0. The number of nitrogens with one attached hydrogen (secondary N) is 1. The molecule has 0 amide bonds. The van der Waals surface area contributed by atoms with Crippen LogP contribution in [0.4, 0.5) is 0 Å². The van der Waals surface area contributed by atoms with E-state index in [-0.39, 0.29) is 39.7 Å². The molecule has 4 aromatic rings. The number of aryl methyl sites for hydroxylation is 1. The number of hydrogen-bond acceptors (Lipinski definition) is 7. The van der Waals surface area contributed by atoms with Crippen LogP contribution < -0.4 is 5.32 Å². The molecular weight excluding hydrogens is 602 g/mol. The highest BCUT2D eigenvalue weighted by molar-refractivity contribution is 6.03. The fourth-order valence-corrected chi connectivity index (χ4v) is 8.99. The van der Waals surface area contributed by atoms with Gasteiger partial charge in [-0.3, -0.25) is 0 Å². The summed E-state index contributed by atoms with van der Waals surface area (Å²) in [5.41, 5.74) is 4.68. The Hall–Kier alpha value is -4.20. The molecule has 6 N–H and O–H groups in total. The molecular formula is C41H47NO6. The summed E-state index contributed by atoms with van der Waals surface area (Å²) in [6.07, 6.45) is 17.4. The van der Waals surface area contributed by atoms with Gasteiger partial charge in [-0.05, 0) is 103 Å². The summed E-state index contributed by atoms with van der Waals surface area (Å²) in [6, 6.07) is 18.6. The van der Waals surface area contributed by atoms with Crippen molar-refractivity contribution in [2.24, 2.45) is 5.41 Å². The average Bonchev–Trinajstić information content (AvgIpc) is 3.58. The van der Waals surface area contributed by atoms with Crippen LogP contribution in [0.2, 0.25) is 0 Å². The summed E-state index contributed by atoms with van der Waals surface area (Å²) in [5.74, 6) is -1.17. The molecule has 7 nitrogen and oxygen atoms in total. The van der Waals surface area contributed by atoms with Gasteiger partial charge in [-0.25, -0.2) is 0 Å². The maximum atomic E-state index is 11.2. The smallest absolute Gasteiger partial charge is 0.169 e. The van der Waals surface area contributed by atoms with Gasteiger partial charge in [0.2, 0.25) is 0 Å². The van der Waals surface area contributed by atoms with Crippen molar-refractivity contribution in [3.05, 3.63) is 88.5 Å². The molecule has 3 aliphatic rings. The minimum absolute atomic E-state index is 0.0584. The lowest BCUT2D eigenvalue weighted by Gasteiger charge is -2.55. The number of phenolic OH excluding ortho intramolecular Hbond substituents is 5. The zero-order valence-corrected chi connectivity index (χ0v) is 27.5. The van der Waals surface area contributed by atoms with Gasteiger partial charge in [0.15, 0.2) is 23.0 Å². The van der Waals surface area contributed by atoms with Crippen LogP contribution in [0.1, 0.15) is 92.0 Å². The molecule has 1 aliphatic heterocycles. The molecule has 2 atom stereocenters. The number of phenols is 5. The van der Waals surface area contributed by atoms with Gasteiger partial charge in [-0.1, -0.05) is 80.3 Å². The zero-order chi connectivity index (χ0) is 33.3. The Morgan fingerprint density at radius 1 is 0.729 bits per heavy atom. The predicted molar refractivity (Wildman–Crippen MR) is 189 cm³/mol. The second kappa shape index (κ2) is 13.4. The second-order valence-corrected chi connectivity index (χ2v) is 14.3. The van der Waals surface area contributed by atoms with Gasteiger partial charge in [0.05, 0.1) is 11.0 Å². The van der Waals surface area contributed by atoms with Crippen molar-refractivity contribution in [3.8, 4) is 28.7 Å². The standard InChI is InChI=1S/C41H47NO6/c43-34-17-14-28(24-36(34)45)13-15-31-32-6-5-7-35(44)37(32)39(47)38(46)33(31)16-12-27-8-10-29(11-9-27)26-42-30-18-23-48-41(25-30)22-4-3-21-40(41)19-1-2-20-40/h5-11,13-15,17,24,30,42-47H,1-4,12,16,18-23,25-26H2/t30-,41-/m0/s1. The first kappa shape index (κ1) is 32.4. The third-order valence-electron chi connectivity index (χ3n) is 11.6. The van der Waals surface area contributed by atoms with Crippen LogP contribution in [0.5, 0.6) is 28.7 Å². The van der Waals surface area contributed by atoms with Crippen molar-refractivity contribution in [1.82, 2.24) is 5.32 Å². The van der Waals surface area contributed by atoms with E-state index in [1.807, 2.05) is 0 Å². The van der Waals surface area contributed by atoms with Crippen LogP contribution in [-0.2, 0) is 24.1 Å². The van der Waals surface area contributed by atoms with Gasteiger partial charge in [0.1, 0.15) is 5.75 Å². The Labute approximate surface area is 282 Å². The van der Waals surface area contributed by atoms with E-state index in [1.165, 1.54) is 75.1 Å². The van der Waals surface area contributed by atoms with Crippen LogP contribution in [-0.4, -0.2) is 43.8 Å². The van der Waals surface area contributed by atoms with E-state index < -0.39 is 0 Å². The normalized spacial score (nSPS) is 22.3. The van der Waals surface area contributed by atoms with E-state index in [4.69, 9.17) is 4.74 Å². The molecule has 1 saturated heterocycles. The highest BCUT2D eigenvalue weighted by Crippen LogP contribution is 2.59. The van der Waals surface area contributed by atoms with Gasteiger partial charge < -0.3 is 35.6 Å².